The monoisotopic (exact) mass is 527 g/mol. The molecule has 0 unspecified atom stereocenters. The van der Waals surface area contributed by atoms with Crippen LogP contribution in [-0.4, -0.2) is 69.4 Å². The highest BCUT2D eigenvalue weighted by Crippen LogP contribution is 2.30. The average molecular weight is 528 g/mol. The predicted octanol–water partition coefficient (Wildman–Crippen LogP) is 4.12. The molecule has 0 radical (unpaired) electrons. The highest BCUT2D eigenvalue weighted by atomic mass is 19.4. The summed E-state index contributed by atoms with van der Waals surface area (Å²) in [6.45, 7) is 2.99. The van der Waals surface area contributed by atoms with Crippen LogP contribution in [0.5, 0.6) is 0 Å². The lowest BCUT2D eigenvalue weighted by Crippen LogP contribution is -2.56. The van der Waals surface area contributed by atoms with Crippen LogP contribution in [0.4, 0.5) is 13.2 Å². The molecule has 5 rings (SSSR count). The van der Waals surface area contributed by atoms with Crippen LogP contribution in [0.15, 0.2) is 48.5 Å². The number of fused-ring (bicyclic) bond motifs is 2. The van der Waals surface area contributed by atoms with Gasteiger partial charge in [-0.2, -0.15) is 13.2 Å². The van der Waals surface area contributed by atoms with Crippen LogP contribution in [0.25, 0.3) is 33.5 Å². The van der Waals surface area contributed by atoms with Gasteiger partial charge in [-0.1, -0.05) is 18.2 Å². The van der Waals surface area contributed by atoms with Gasteiger partial charge in [-0.25, -0.2) is 4.98 Å². The number of carbonyl (C=O) groups excluding carboxylic acids is 2. The van der Waals surface area contributed by atoms with Gasteiger partial charge in [0.15, 0.2) is 5.82 Å². The van der Waals surface area contributed by atoms with Crippen LogP contribution >= 0.6 is 0 Å². The first-order valence-corrected chi connectivity index (χ1v) is 12.4. The molecule has 1 fully saturated rings. The molecule has 0 spiro atoms. The molecule has 2 aromatic carbocycles. The normalized spacial score (nSPS) is 18.3. The van der Waals surface area contributed by atoms with Crippen molar-refractivity contribution >= 4 is 33.8 Å². The minimum atomic E-state index is -5.00. The van der Waals surface area contributed by atoms with E-state index in [0.29, 0.717) is 11.1 Å². The van der Waals surface area contributed by atoms with Gasteiger partial charge in [0.25, 0.3) is 5.91 Å². The zero-order valence-electron chi connectivity index (χ0n) is 21.2. The second-order valence-electron chi connectivity index (χ2n) is 9.50. The maximum absolute atomic E-state index is 13.4. The third-order valence-electron chi connectivity index (χ3n) is 7.11. The minimum absolute atomic E-state index is 0.0530. The molecule has 1 saturated heterocycles. The van der Waals surface area contributed by atoms with E-state index in [1.165, 1.54) is 12.0 Å². The number of hydrogen-bond donors (Lipinski definition) is 1. The molecule has 2 atom stereocenters. The third kappa shape index (κ3) is 4.62. The topological polar surface area (TPSA) is 81.4 Å². The molecule has 11 heteroatoms. The van der Waals surface area contributed by atoms with E-state index in [9.17, 15) is 22.8 Å². The number of ether oxygens (including phenoxy) is 1. The Hall–Kier alpha value is -3.86. The van der Waals surface area contributed by atoms with Crippen molar-refractivity contribution in [2.75, 3.05) is 20.2 Å². The van der Waals surface area contributed by atoms with Crippen LogP contribution in [0.1, 0.15) is 23.7 Å². The van der Waals surface area contributed by atoms with Crippen molar-refractivity contribution in [3.8, 4) is 11.5 Å². The Bertz CT molecular complexity index is 1520. The summed E-state index contributed by atoms with van der Waals surface area (Å²) in [5.74, 6) is -1.64. The lowest BCUT2D eigenvalue weighted by Gasteiger charge is -2.37. The zero-order chi connectivity index (χ0) is 27.2. The number of benzene rings is 2. The highest BCUT2D eigenvalue weighted by Gasteiger charge is 2.41. The first kappa shape index (κ1) is 25.8. The van der Waals surface area contributed by atoms with Crippen molar-refractivity contribution in [2.24, 2.45) is 7.05 Å². The fourth-order valence-corrected chi connectivity index (χ4v) is 5.24. The van der Waals surface area contributed by atoms with Crippen molar-refractivity contribution in [1.82, 2.24) is 24.3 Å². The molecule has 0 saturated carbocycles. The van der Waals surface area contributed by atoms with Gasteiger partial charge in [0, 0.05) is 56.3 Å². The maximum Gasteiger partial charge on any atom is 0.471 e. The molecule has 3 heterocycles. The number of carbonyl (C=O) groups is 2. The molecular weight excluding hydrogens is 499 g/mol. The first-order chi connectivity index (χ1) is 18.1. The SMILES string of the molecule is CCn1c(-c2nc3cc(C(=O)N4C[C@H](NC(=O)C(F)(F)F)C[C@@H](OC)C4)ccc3n2C)cc2ccccc21. The second kappa shape index (κ2) is 9.79. The number of aromatic nitrogens is 3. The number of imidazole rings is 1. The van der Waals surface area contributed by atoms with Crippen molar-refractivity contribution < 1.29 is 27.5 Å². The largest absolute Gasteiger partial charge is 0.471 e. The summed E-state index contributed by atoms with van der Waals surface area (Å²) >= 11 is 0. The Balaban J connectivity index is 1.45. The van der Waals surface area contributed by atoms with Crippen molar-refractivity contribution in [1.29, 1.82) is 0 Å². The number of nitrogens with zero attached hydrogens (tertiary/aromatic N) is 4. The summed E-state index contributed by atoms with van der Waals surface area (Å²) in [6, 6.07) is 14.5. The van der Waals surface area contributed by atoms with E-state index < -0.39 is 24.2 Å². The van der Waals surface area contributed by atoms with Crippen LogP contribution < -0.4 is 5.32 Å². The number of rotatable bonds is 5. The van der Waals surface area contributed by atoms with E-state index >= 15 is 0 Å². The summed E-state index contributed by atoms with van der Waals surface area (Å²) in [5.41, 5.74) is 3.90. The number of likely N-dealkylation sites (tertiary alicyclic amines) is 1. The molecule has 1 N–H and O–H groups in total. The molecule has 38 heavy (non-hydrogen) atoms. The van der Waals surface area contributed by atoms with Gasteiger partial charge < -0.3 is 24.1 Å². The van der Waals surface area contributed by atoms with Gasteiger partial charge in [0.05, 0.1) is 22.8 Å². The average Bonchev–Trinajstić information content (AvgIpc) is 3.44. The predicted molar refractivity (Wildman–Crippen MR) is 137 cm³/mol. The van der Waals surface area contributed by atoms with Gasteiger partial charge in [-0.05, 0) is 43.7 Å². The molecule has 0 bridgehead atoms. The van der Waals surface area contributed by atoms with Crippen LogP contribution in [0.3, 0.4) is 0 Å². The van der Waals surface area contributed by atoms with Gasteiger partial charge in [0.2, 0.25) is 0 Å². The molecule has 8 nitrogen and oxygen atoms in total. The van der Waals surface area contributed by atoms with Crippen LogP contribution in [0.2, 0.25) is 0 Å². The number of amides is 2. The molecule has 2 amide bonds. The number of halogens is 3. The first-order valence-electron chi connectivity index (χ1n) is 12.4. The third-order valence-corrected chi connectivity index (χ3v) is 7.11. The number of methoxy groups -OCH3 is 1. The van der Waals surface area contributed by atoms with Crippen molar-refractivity contribution in [3.05, 3.63) is 54.1 Å². The Labute approximate surface area is 217 Å². The molecular formula is C27H28F3N5O3. The summed E-state index contributed by atoms with van der Waals surface area (Å²) in [5, 5.41) is 3.09. The molecule has 2 aromatic heterocycles. The quantitative estimate of drug-likeness (QED) is 0.424. The summed E-state index contributed by atoms with van der Waals surface area (Å²) in [6.07, 6.45) is -5.33. The van der Waals surface area contributed by atoms with E-state index in [2.05, 4.69) is 29.7 Å². The lowest BCUT2D eigenvalue weighted by atomic mass is 10.0. The van der Waals surface area contributed by atoms with Gasteiger partial charge in [-0.3, -0.25) is 9.59 Å². The highest BCUT2D eigenvalue weighted by molar-refractivity contribution is 5.98. The molecule has 1 aliphatic heterocycles. The summed E-state index contributed by atoms with van der Waals surface area (Å²) in [4.78, 5) is 31.2. The number of piperidine rings is 1. The Kier molecular flexibility index (Phi) is 6.64. The van der Waals surface area contributed by atoms with E-state index in [0.717, 1.165) is 34.5 Å². The van der Waals surface area contributed by atoms with E-state index in [1.807, 2.05) is 35.1 Å². The number of hydrogen-bond acceptors (Lipinski definition) is 4. The zero-order valence-corrected chi connectivity index (χ0v) is 21.2. The fourth-order valence-electron chi connectivity index (χ4n) is 5.24. The number of para-hydroxylation sites is 1. The maximum atomic E-state index is 13.4. The Morgan fingerprint density at radius 3 is 2.58 bits per heavy atom. The molecule has 200 valence electrons. The van der Waals surface area contributed by atoms with Gasteiger partial charge in [-0.15, -0.1) is 0 Å². The van der Waals surface area contributed by atoms with Crippen molar-refractivity contribution in [2.45, 2.75) is 38.2 Å². The fraction of sp³-hybridized carbons (Fsp3) is 0.370. The van der Waals surface area contributed by atoms with Crippen LogP contribution in [0, 0.1) is 0 Å². The lowest BCUT2D eigenvalue weighted by molar-refractivity contribution is -0.175. The van der Waals surface area contributed by atoms with Gasteiger partial charge in [0.1, 0.15) is 0 Å². The van der Waals surface area contributed by atoms with Crippen molar-refractivity contribution in [3.63, 3.8) is 0 Å². The Morgan fingerprint density at radius 1 is 1.11 bits per heavy atom. The summed E-state index contributed by atoms with van der Waals surface area (Å²) < 4.78 is 47.9. The molecule has 1 aliphatic rings. The molecule has 0 aliphatic carbocycles. The van der Waals surface area contributed by atoms with Gasteiger partial charge >= 0.3 is 12.1 Å². The van der Waals surface area contributed by atoms with E-state index in [1.54, 1.807) is 12.1 Å². The smallest absolute Gasteiger partial charge is 0.380 e. The number of alkyl halides is 3. The van der Waals surface area contributed by atoms with E-state index in [4.69, 9.17) is 9.72 Å². The number of aryl methyl sites for hydroxylation is 2. The second-order valence-corrected chi connectivity index (χ2v) is 9.50. The summed E-state index contributed by atoms with van der Waals surface area (Å²) in [7, 11) is 3.35. The Morgan fingerprint density at radius 2 is 1.87 bits per heavy atom. The van der Waals surface area contributed by atoms with E-state index in [-0.39, 0.29) is 25.4 Å². The standard InChI is InChI=1S/C27H28F3N5O3/c1-4-35-21-8-6-5-7-16(21)12-23(35)24-32-20-11-17(9-10-22(20)33(24)2)25(36)34-14-18(13-19(15-34)38-3)31-26(37)27(28,29)30/h5-12,18-19H,4,13-15H2,1-3H3,(H,31,37)/t18-,19-/m1/s1. The minimum Gasteiger partial charge on any atom is -0.380 e. The number of nitrogens with one attached hydrogen (secondary N) is 1. The van der Waals surface area contributed by atoms with Crippen LogP contribution in [-0.2, 0) is 23.1 Å². The molecule has 4 aromatic rings.